The molecule has 2 rings (SSSR count). The van der Waals surface area contributed by atoms with Crippen molar-refractivity contribution in [1.82, 2.24) is 4.90 Å². The first kappa shape index (κ1) is 13.4. The molecule has 1 amide bonds. The number of carbonyl (C=O) groups is 1. The summed E-state index contributed by atoms with van der Waals surface area (Å²) in [6.45, 7) is 0.858. The first-order valence-electron chi connectivity index (χ1n) is 6.39. The topological polar surface area (TPSA) is 40.5 Å². The highest BCUT2D eigenvalue weighted by Gasteiger charge is 2.30. The monoisotopic (exact) mass is 267 g/mol. The van der Waals surface area contributed by atoms with E-state index in [1.54, 1.807) is 0 Å². The molecule has 18 heavy (non-hydrogen) atoms. The van der Waals surface area contributed by atoms with Crippen molar-refractivity contribution in [2.75, 3.05) is 13.2 Å². The van der Waals surface area contributed by atoms with Crippen molar-refractivity contribution >= 4 is 17.5 Å². The van der Waals surface area contributed by atoms with Crippen molar-refractivity contribution in [3.63, 3.8) is 0 Å². The van der Waals surface area contributed by atoms with E-state index in [-0.39, 0.29) is 18.6 Å². The smallest absolute Gasteiger partial charge is 0.223 e. The highest BCUT2D eigenvalue weighted by molar-refractivity contribution is 6.31. The Bertz CT molecular complexity index is 422. The molecule has 1 N–H and O–H groups in total. The number of amides is 1. The van der Waals surface area contributed by atoms with Gasteiger partial charge in [0.15, 0.2) is 0 Å². The molecule has 1 aliphatic rings. The van der Waals surface area contributed by atoms with Crippen LogP contribution in [0, 0.1) is 0 Å². The average molecular weight is 268 g/mol. The number of hydrogen-bond acceptors (Lipinski definition) is 2. The summed E-state index contributed by atoms with van der Waals surface area (Å²) in [5, 5.41) is 9.52. The molecule has 0 saturated carbocycles. The van der Waals surface area contributed by atoms with Crippen molar-refractivity contribution in [2.24, 2.45) is 0 Å². The van der Waals surface area contributed by atoms with Gasteiger partial charge in [0.25, 0.3) is 0 Å². The summed E-state index contributed by atoms with van der Waals surface area (Å²) in [5.41, 5.74) is 1.04. The molecule has 0 aromatic heterocycles. The molecule has 1 atom stereocenters. The quantitative estimate of drug-likeness (QED) is 0.911. The van der Waals surface area contributed by atoms with E-state index in [0.717, 1.165) is 30.0 Å². The van der Waals surface area contributed by atoms with Crippen LogP contribution in [0.1, 0.15) is 37.3 Å². The summed E-state index contributed by atoms with van der Waals surface area (Å²) in [7, 11) is 0. The Labute approximate surface area is 112 Å². The van der Waals surface area contributed by atoms with Gasteiger partial charge in [0, 0.05) is 24.6 Å². The van der Waals surface area contributed by atoms with Gasteiger partial charge in [-0.2, -0.15) is 0 Å². The second kappa shape index (κ2) is 6.21. The van der Waals surface area contributed by atoms with Crippen LogP contribution in [0.5, 0.6) is 0 Å². The number of likely N-dealkylation sites (tertiary alicyclic amines) is 1. The summed E-state index contributed by atoms with van der Waals surface area (Å²) in [4.78, 5) is 14.0. The highest BCUT2D eigenvalue weighted by atomic mass is 35.5. The van der Waals surface area contributed by atoms with Crippen LogP contribution in [0.4, 0.5) is 0 Å². The molecule has 1 aromatic rings. The highest BCUT2D eigenvalue weighted by Crippen LogP contribution is 2.35. The molecule has 4 heteroatoms. The minimum absolute atomic E-state index is 0.0658. The van der Waals surface area contributed by atoms with Gasteiger partial charge in [-0.15, -0.1) is 0 Å². The lowest BCUT2D eigenvalue weighted by Gasteiger charge is -2.25. The molecule has 0 bridgehead atoms. The summed E-state index contributed by atoms with van der Waals surface area (Å²) in [5.74, 6) is 0.117. The number of carbonyl (C=O) groups excluding carboxylic acids is 1. The molecule has 1 unspecified atom stereocenters. The van der Waals surface area contributed by atoms with Gasteiger partial charge in [-0.1, -0.05) is 29.8 Å². The van der Waals surface area contributed by atoms with Gasteiger partial charge in [-0.05, 0) is 30.9 Å². The van der Waals surface area contributed by atoms with Crippen molar-refractivity contribution in [2.45, 2.75) is 31.7 Å². The molecule has 98 valence electrons. The lowest BCUT2D eigenvalue weighted by molar-refractivity contribution is -0.132. The Balaban J connectivity index is 2.12. The minimum Gasteiger partial charge on any atom is -0.396 e. The molecule has 1 fully saturated rings. The van der Waals surface area contributed by atoms with Crippen LogP contribution >= 0.6 is 11.6 Å². The number of nitrogens with zero attached hydrogens (tertiary/aromatic N) is 1. The third-order valence-corrected chi connectivity index (χ3v) is 3.73. The first-order chi connectivity index (χ1) is 8.74. The van der Waals surface area contributed by atoms with Gasteiger partial charge < -0.3 is 10.0 Å². The molecule has 1 saturated heterocycles. The summed E-state index contributed by atoms with van der Waals surface area (Å²) in [6, 6.07) is 7.81. The average Bonchev–Trinajstić information content (AvgIpc) is 2.85. The van der Waals surface area contributed by atoms with Crippen molar-refractivity contribution in [1.29, 1.82) is 0 Å². The summed E-state index contributed by atoms with van der Waals surface area (Å²) >= 11 is 6.20. The maximum absolute atomic E-state index is 12.1. The van der Waals surface area contributed by atoms with Crippen molar-refractivity contribution < 1.29 is 9.90 Å². The Kier molecular flexibility index (Phi) is 4.61. The van der Waals surface area contributed by atoms with E-state index in [1.807, 2.05) is 29.2 Å². The van der Waals surface area contributed by atoms with Gasteiger partial charge in [0.2, 0.25) is 5.91 Å². The molecular formula is C14H18ClNO2. The number of rotatable bonds is 4. The maximum atomic E-state index is 12.1. The van der Waals surface area contributed by atoms with Crippen molar-refractivity contribution in [3.05, 3.63) is 34.9 Å². The van der Waals surface area contributed by atoms with E-state index in [9.17, 15) is 4.79 Å². The predicted octanol–water partition coefficient (Wildman–Crippen LogP) is 2.78. The molecule has 1 aliphatic heterocycles. The zero-order valence-corrected chi connectivity index (χ0v) is 11.1. The van der Waals surface area contributed by atoms with E-state index in [2.05, 4.69) is 0 Å². The number of benzene rings is 1. The fraction of sp³-hybridized carbons (Fsp3) is 0.500. The lowest BCUT2D eigenvalue weighted by atomic mass is 10.0. The standard InChI is InChI=1S/C14H18ClNO2/c15-12-6-2-1-5-11(12)13-7-3-9-16(13)14(18)8-4-10-17/h1-2,5-6,13,17H,3-4,7-10H2. The molecule has 1 heterocycles. The second-order valence-corrected chi connectivity index (χ2v) is 5.00. The number of halogens is 1. The van der Waals surface area contributed by atoms with Gasteiger partial charge in [0.1, 0.15) is 0 Å². The third-order valence-electron chi connectivity index (χ3n) is 3.39. The zero-order valence-electron chi connectivity index (χ0n) is 10.3. The Morgan fingerprint density at radius 3 is 2.94 bits per heavy atom. The molecule has 0 aliphatic carbocycles. The molecule has 0 radical (unpaired) electrons. The second-order valence-electron chi connectivity index (χ2n) is 4.59. The van der Waals surface area contributed by atoms with Crippen LogP contribution in [-0.2, 0) is 4.79 Å². The fourth-order valence-electron chi connectivity index (χ4n) is 2.51. The fourth-order valence-corrected chi connectivity index (χ4v) is 2.77. The minimum atomic E-state index is 0.0658. The largest absolute Gasteiger partial charge is 0.396 e. The SMILES string of the molecule is O=C(CCCO)N1CCCC1c1ccccc1Cl. The van der Waals surface area contributed by atoms with Crippen LogP contribution < -0.4 is 0 Å². The van der Waals surface area contributed by atoms with Gasteiger partial charge in [-0.25, -0.2) is 0 Å². The van der Waals surface area contributed by atoms with Crippen LogP contribution in [0.3, 0.4) is 0 Å². The Hall–Kier alpha value is -1.06. The number of aliphatic hydroxyl groups is 1. The summed E-state index contributed by atoms with van der Waals surface area (Å²) < 4.78 is 0. The van der Waals surface area contributed by atoms with Crippen LogP contribution in [0.25, 0.3) is 0 Å². The van der Waals surface area contributed by atoms with E-state index >= 15 is 0 Å². The van der Waals surface area contributed by atoms with E-state index < -0.39 is 0 Å². The van der Waals surface area contributed by atoms with Crippen LogP contribution in [0.2, 0.25) is 5.02 Å². The van der Waals surface area contributed by atoms with E-state index in [4.69, 9.17) is 16.7 Å². The Morgan fingerprint density at radius 2 is 2.22 bits per heavy atom. The normalized spacial score (nSPS) is 19.2. The van der Waals surface area contributed by atoms with Crippen LogP contribution in [0.15, 0.2) is 24.3 Å². The number of aliphatic hydroxyl groups excluding tert-OH is 1. The van der Waals surface area contributed by atoms with Gasteiger partial charge in [0.05, 0.1) is 6.04 Å². The van der Waals surface area contributed by atoms with E-state index in [0.29, 0.717) is 12.8 Å². The third kappa shape index (κ3) is 2.85. The zero-order chi connectivity index (χ0) is 13.0. The van der Waals surface area contributed by atoms with Crippen molar-refractivity contribution in [3.8, 4) is 0 Å². The predicted molar refractivity (Wildman–Crippen MR) is 71.5 cm³/mol. The maximum Gasteiger partial charge on any atom is 0.223 e. The van der Waals surface area contributed by atoms with E-state index in [1.165, 1.54) is 0 Å². The van der Waals surface area contributed by atoms with Crippen LogP contribution in [-0.4, -0.2) is 29.1 Å². The summed E-state index contributed by atoms with van der Waals surface area (Å²) in [6.07, 6.45) is 2.93. The molecule has 0 spiro atoms. The molecular weight excluding hydrogens is 250 g/mol. The molecule has 1 aromatic carbocycles. The first-order valence-corrected chi connectivity index (χ1v) is 6.76. The van der Waals surface area contributed by atoms with Gasteiger partial charge in [-0.3, -0.25) is 4.79 Å². The van der Waals surface area contributed by atoms with Gasteiger partial charge >= 0.3 is 0 Å². The molecule has 3 nitrogen and oxygen atoms in total. The lowest BCUT2D eigenvalue weighted by Crippen LogP contribution is -2.30. The number of hydrogen-bond donors (Lipinski definition) is 1. The Morgan fingerprint density at radius 1 is 1.44 bits per heavy atom.